The van der Waals surface area contributed by atoms with E-state index < -0.39 is 0 Å². The lowest BCUT2D eigenvalue weighted by molar-refractivity contribution is 0.0168. The Morgan fingerprint density at radius 1 is 1.37 bits per heavy atom. The second-order valence-corrected chi connectivity index (χ2v) is 6.58. The summed E-state index contributed by atoms with van der Waals surface area (Å²) in [6, 6.07) is 5.59. The lowest BCUT2D eigenvalue weighted by atomic mass is 10.2. The molecule has 1 saturated heterocycles. The first-order valence-electron chi connectivity index (χ1n) is 9.27. The standard InChI is InChI=1S/C19H30ClN3O3.HI/c1-3-21-19(22-9-5-10-25-14-17-6-4-11-26-17)23-13-15-7-8-16(20)12-18(15)24-2;/h7-8,12,17H,3-6,9-11,13-14H2,1-2H3,(H2,21,22,23);1H. The van der Waals surface area contributed by atoms with E-state index in [1.54, 1.807) is 13.2 Å². The van der Waals surface area contributed by atoms with E-state index in [0.29, 0.717) is 18.2 Å². The second-order valence-electron chi connectivity index (χ2n) is 6.14. The lowest BCUT2D eigenvalue weighted by Gasteiger charge is -2.13. The van der Waals surface area contributed by atoms with E-state index in [1.807, 2.05) is 19.1 Å². The van der Waals surface area contributed by atoms with Gasteiger partial charge in [0.2, 0.25) is 0 Å². The van der Waals surface area contributed by atoms with E-state index in [4.69, 9.17) is 25.8 Å². The zero-order chi connectivity index (χ0) is 18.6. The molecule has 1 aromatic rings. The Balaban J connectivity index is 0.00000364. The smallest absolute Gasteiger partial charge is 0.191 e. The molecule has 1 fully saturated rings. The number of halogens is 2. The number of nitrogens with one attached hydrogen (secondary N) is 2. The van der Waals surface area contributed by atoms with Gasteiger partial charge in [-0.2, -0.15) is 0 Å². The van der Waals surface area contributed by atoms with Crippen LogP contribution in [-0.2, 0) is 16.0 Å². The lowest BCUT2D eigenvalue weighted by Crippen LogP contribution is -2.38. The first kappa shape index (κ1) is 24.3. The number of methoxy groups -OCH3 is 1. The Labute approximate surface area is 184 Å². The molecule has 0 radical (unpaired) electrons. The monoisotopic (exact) mass is 511 g/mol. The minimum atomic E-state index is 0. The maximum absolute atomic E-state index is 6.00. The van der Waals surface area contributed by atoms with Crippen LogP contribution in [0.25, 0.3) is 0 Å². The molecule has 1 atom stereocenters. The Morgan fingerprint density at radius 2 is 2.22 bits per heavy atom. The summed E-state index contributed by atoms with van der Waals surface area (Å²) in [6.45, 7) is 6.46. The van der Waals surface area contributed by atoms with Gasteiger partial charge in [-0.25, -0.2) is 4.99 Å². The molecule has 1 aliphatic heterocycles. The molecule has 2 rings (SSSR count). The number of ether oxygens (including phenoxy) is 3. The van der Waals surface area contributed by atoms with E-state index >= 15 is 0 Å². The summed E-state index contributed by atoms with van der Waals surface area (Å²) in [5, 5.41) is 7.23. The summed E-state index contributed by atoms with van der Waals surface area (Å²) in [5.41, 5.74) is 0.994. The summed E-state index contributed by atoms with van der Waals surface area (Å²) in [7, 11) is 1.64. The molecule has 154 valence electrons. The topological polar surface area (TPSA) is 64.1 Å². The Kier molecular flexibility index (Phi) is 12.8. The molecule has 0 aliphatic carbocycles. The number of guanidine groups is 1. The van der Waals surface area contributed by atoms with Crippen molar-refractivity contribution in [2.45, 2.75) is 38.8 Å². The maximum atomic E-state index is 6.00. The SMILES string of the molecule is CCNC(=NCc1ccc(Cl)cc1OC)NCCCOCC1CCCO1.I. The fourth-order valence-electron chi connectivity index (χ4n) is 2.73. The molecule has 27 heavy (non-hydrogen) atoms. The van der Waals surface area contributed by atoms with Gasteiger partial charge < -0.3 is 24.8 Å². The van der Waals surface area contributed by atoms with Gasteiger partial charge in [-0.1, -0.05) is 17.7 Å². The van der Waals surface area contributed by atoms with Crippen LogP contribution in [-0.4, -0.2) is 52.1 Å². The quantitative estimate of drug-likeness (QED) is 0.217. The van der Waals surface area contributed by atoms with Gasteiger partial charge in [0.15, 0.2) is 5.96 Å². The molecule has 0 saturated carbocycles. The van der Waals surface area contributed by atoms with Gasteiger partial charge in [0, 0.05) is 36.9 Å². The van der Waals surface area contributed by atoms with Crippen molar-refractivity contribution in [3.8, 4) is 5.75 Å². The van der Waals surface area contributed by atoms with Crippen LogP contribution in [0, 0.1) is 0 Å². The van der Waals surface area contributed by atoms with Crippen LogP contribution in [0.5, 0.6) is 5.75 Å². The van der Waals surface area contributed by atoms with Crippen LogP contribution in [0.2, 0.25) is 5.02 Å². The average molecular weight is 512 g/mol. The van der Waals surface area contributed by atoms with Crippen molar-refractivity contribution >= 4 is 41.5 Å². The van der Waals surface area contributed by atoms with E-state index in [1.165, 1.54) is 0 Å². The third-order valence-corrected chi connectivity index (χ3v) is 4.32. The summed E-state index contributed by atoms with van der Waals surface area (Å²) in [5.74, 6) is 1.53. The third-order valence-electron chi connectivity index (χ3n) is 4.09. The molecule has 1 aromatic carbocycles. The van der Waals surface area contributed by atoms with E-state index in [2.05, 4.69) is 15.6 Å². The van der Waals surface area contributed by atoms with Gasteiger partial charge in [0.05, 0.1) is 26.4 Å². The van der Waals surface area contributed by atoms with Crippen molar-refractivity contribution < 1.29 is 14.2 Å². The van der Waals surface area contributed by atoms with Gasteiger partial charge in [0.1, 0.15) is 5.75 Å². The zero-order valence-corrected chi connectivity index (χ0v) is 19.2. The van der Waals surface area contributed by atoms with Crippen LogP contribution in [0.15, 0.2) is 23.2 Å². The normalized spacial score (nSPS) is 16.7. The molecule has 0 aromatic heterocycles. The van der Waals surface area contributed by atoms with Crippen LogP contribution >= 0.6 is 35.6 Å². The van der Waals surface area contributed by atoms with Crippen molar-refractivity contribution in [3.05, 3.63) is 28.8 Å². The number of aliphatic imine (C=N–C) groups is 1. The van der Waals surface area contributed by atoms with E-state index in [9.17, 15) is 0 Å². The summed E-state index contributed by atoms with van der Waals surface area (Å²) in [6.07, 6.45) is 3.47. The predicted molar refractivity (Wildman–Crippen MR) is 121 cm³/mol. The summed E-state index contributed by atoms with van der Waals surface area (Å²) < 4.78 is 16.6. The number of hydrogen-bond donors (Lipinski definition) is 2. The molecule has 6 nitrogen and oxygen atoms in total. The fourth-order valence-corrected chi connectivity index (χ4v) is 2.89. The molecule has 1 unspecified atom stereocenters. The van der Waals surface area contributed by atoms with Gasteiger partial charge in [0.25, 0.3) is 0 Å². The highest BCUT2D eigenvalue weighted by atomic mass is 127. The van der Waals surface area contributed by atoms with Crippen LogP contribution in [0.3, 0.4) is 0 Å². The van der Waals surface area contributed by atoms with Gasteiger partial charge in [-0.3, -0.25) is 0 Å². The number of nitrogens with zero attached hydrogens (tertiary/aromatic N) is 1. The number of rotatable bonds is 10. The predicted octanol–water partition coefficient (Wildman–Crippen LogP) is 3.61. The molecule has 0 amide bonds. The minimum Gasteiger partial charge on any atom is -0.496 e. The molecule has 8 heteroatoms. The average Bonchev–Trinajstić information content (AvgIpc) is 3.16. The fraction of sp³-hybridized carbons (Fsp3) is 0.632. The molecule has 2 N–H and O–H groups in total. The highest BCUT2D eigenvalue weighted by Gasteiger charge is 2.14. The number of hydrogen-bond acceptors (Lipinski definition) is 4. The highest BCUT2D eigenvalue weighted by molar-refractivity contribution is 14.0. The van der Waals surface area contributed by atoms with Crippen LogP contribution in [0.4, 0.5) is 0 Å². The number of benzene rings is 1. The van der Waals surface area contributed by atoms with Crippen LogP contribution < -0.4 is 15.4 Å². The first-order valence-corrected chi connectivity index (χ1v) is 9.64. The largest absolute Gasteiger partial charge is 0.496 e. The highest BCUT2D eigenvalue weighted by Crippen LogP contribution is 2.23. The molecular formula is C19H31ClIN3O3. The van der Waals surface area contributed by atoms with Crippen molar-refractivity contribution in [1.29, 1.82) is 0 Å². The van der Waals surface area contributed by atoms with E-state index in [0.717, 1.165) is 62.8 Å². The third kappa shape index (κ3) is 9.32. The minimum absolute atomic E-state index is 0. The van der Waals surface area contributed by atoms with Gasteiger partial charge in [-0.15, -0.1) is 24.0 Å². The molecule has 0 spiro atoms. The summed E-state index contributed by atoms with van der Waals surface area (Å²) in [4.78, 5) is 4.61. The zero-order valence-electron chi connectivity index (χ0n) is 16.1. The van der Waals surface area contributed by atoms with Crippen molar-refractivity contribution in [2.75, 3.05) is 40.0 Å². The van der Waals surface area contributed by atoms with Crippen molar-refractivity contribution in [1.82, 2.24) is 10.6 Å². The molecular weight excluding hydrogens is 481 g/mol. The molecule has 1 aliphatic rings. The molecule has 1 heterocycles. The second kappa shape index (κ2) is 14.3. The van der Waals surface area contributed by atoms with E-state index in [-0.39, 0.29) is 30.1 Å². The van der Waals surface area contributed by atoms with Gasteiger partial charge in [-0.05, 0) is 38.3 Å². The van der Waals surface area contributed by atoms with Crippen molar-refractivity contribution in [3.63, 3.8) is 0 Å². The van der Waals surface area contributed by atoms with Gasteiger partial charge >= 0.3 is 0 Å². The Bertz CT molecular complexity index is 569. The van der Waals surface area contributed by atoms with Crippen LogP contribution in [0.1, 0.15) is 31.7 Å². The maximum Gasteiger partial charge on any atom is 0.191 e. The first-order chi connectivity index (χ1) is 12.7. The Morgan fingerprint density at radius 3 is 2.93 bits per heavy atom. The summed E-state index contributed by atoms with van der Waals surface area (Å²) >= 11 is 6.00. The van der Waals surface area contributed by atoms with Crippen molar-refractivity contribution in [2.24, 2.45) is 4.99 Å². The Hall–Kier alpha value is -0.770. The molecule has 0 bridgehead atoms.